The van der Waals surface area contributed by atoms with Crippen LogP contribution in [0.25, 0.3) is 6.08 Å². The maximum absolute atomic E-state index is 11.3. The molecule has 0 aliphatic rings. The number of rotatable bonds is 8. The Kier molecular flexibility index (Phi) is 7.35. The van der Waals surface area contributed by atoms with Crippen LogP contribution in [0.2, 0.25) is 0 Å². The fourth-order valence-corrected chi connectivity index (χ4v) is 3.15. The average Bonchev–Trinajstić information content (AvgIpc) is 2.65. The molecule has 0 unspecified atom stereocenters. The zero-order valence-corrected chi connectivity index (χ0v) is 16.8. The molecule has 0 aliphatic carbocycles. The minimum Gasteiger partial charge on any atom is -0.442 e. The highest BCUT2D eigenvalue weighted by Crippen LogP contribution is 2.24. The second kappa shape index (κ2) is 9.72. The summed E-state index contributed by atoms with van der Waals surface area (Å²) < 4.78 is 5.45. The Morgan fingerprint density at radius 1 is 1.04 bits per heavy atom. The standard InChI is InChI=1S/C23H28N2O2/c1-6-25(7-2)21-10-8-20(9-11-21)14-22(15-26)27-16-24-23-18(4)12-17(3)13-19(23)5/h8-16H,6-7H2,1-5H3/b22-14+,24-16?. The highest BCUT2D eigenvalue weighted by molar-refractivity contribution is 5.81. The molecule has 4 nitrogen and oxygen atoms in total. The van der Waals surface area contributed by atoms with Gasteiger partial charge >= 0.3 is 0 Å². The first kappa shape index (κ1) is 20.4. The molecule has 0 spiro atoms. The Hall–Kier alpha value is -2.88. The molecule has 2 aromatic carbocycles. The van der Waals surface area contributed by atoms with Crippen molar-refractivity contribution in [3.63, 3.8) is 0 Å². The third kappa shape index (κ3) is 5.55. The van der Waals surface area contributed by atoms with E-state index in [1.165, 1.54) is 12.0 Å². The maximum Gasteiger partial charge on any atom is 0.185 e. The lowest BCUT2D eigenvalue weighted by Gasteiger charge is -2.20. The van der Waals surface area contributed by atoms with E-state index in [0.29, 0.717) is 6.29 Å². The lowest BCUT2D eigenvalue weighted by atomic mass is 10.1. The minimum atomic E-state index is 0.219. The van der Waals surface area contributed by atoms with Gasteiger partial charge in [-0.3, -0.25) is 4.79 Å². The third-order valence-corrected chi connectivity index (χ3v) is 4.45. The molecule has 0 heterocycles. The summed E-state index contributed by atoms with van der Waals surface area (Å²) in [5.41, 5.74) is 6.30. The number of hydrogen-bond donors (Lipinski definition) is 0. The summed E-state index contributed by atoms with van der Waals surface area (Å²) in [6, 6.07) is 12.2. The van der Waals surface area contributed by atoms with Crippen LogP contribution in [-0.4, -0.2) is 25.8 Å². The van der Waals surface area contributed by atoms with E-state index in [-0.39, 0.29) is 5.76 Å². The number of aryl methyl sites for hydroxylation is 3. The molecule has 2 rings (SSSR count). The molecular formula is C23H28N2O2. The lowest BCUT2D eigenvalue weighted by molar-refractivity contribution is -0.106. The Balaban J connectivity index is 2.12. The normalized spacial score (nSPS) is 11.7. The number of anilines is 1. The van der Waals surface area contributed by atoms with Gasteiger partial charge in [0.1, 0.15) is 0 Å². The number of aldehydes is 1. The predicted molar refractivity (Wildman–Crippen MR) is 114 cm³/mol. The van der Waals surface area contributed by atoms with Crippen molar-refractivity contribution in [1.82, 2.24) is 0 Å². The number of hydrogen-bond acceptors (Lipinski definition) is 4. The smallest absolute Gasteiger partial charge is 0.185 e. The molecule has 0 radical (unpaired) electrons. The van der Waals surface area contributed by atoms with Crippen molar-refractivity contribution >= 4 is 30.1 Å². The Morgan fingerprint density at radius 3 is 2.15 bits per heavy atom. The Bertz CT molecular complexity index is 809. The van der Waals surface area contributed by atoms with Crippen LogP contribution in [0, 0.1) is 20.8 Å². The number of nitrogens with zero attached hydrogens (tertiary/aromatic N) is 2. The first-order valence-corrected chi connectivity index (χ1v) is 9.27. The number of carbonyl (C=O) groups excluding carboxylic acids is 1. The SMILES string of the molecule is CCN(CC)c1ccc(/C=C(\C=O)OC=Nc2c(C)cc(C)cc2C)cc1. The quantitative estimate of drug-likeness (QED) is 0.208. The van der Waals surface area contributed by atoms with E-state index in [9.17, 15) is 4.79 Å². The van der Waals surface area contributed by atoms with Crippen molar-refractivity contribution in [2.45, 2.75) is 34.6 Å². The predicted octanol–water partition coefficient (Wildman–Crippen LogP) is 5.37. The molecule has 0 saturated carbocycles. The molecule has 0 aromatic heterocycles. The van der Waals surface area contributed by atoms with Crippen LogP contribution in [0.4, 0.5) is 11.4 Å². The van der Waals surface area contributed by atoms with Crippen LogP contribution in [-0.2, 0) is 9.53 Å². The number of aliphatic imine (C=N–C) groups is 1. The van der Waals surface area contributed by atoms with Gasteiger partial charge < -0.3 is 9.64 Å². The minimum absolute atomic E-state index is 0.219. The molecule has 0 N–H and O–H groups in total. The Labute approximate surface area is 162 Å². The van der Waals surface area contributed by atoms with Gasteiger partial charge in [0.2, 0.25) is 0 Å². The molecule has 27 heavy (non-hydrogen) atoms. The van der Waals surface area contributed by atoms with Gasteiger partial charge in [0.25, 0.3) is 0 Å². The molecular weight excluding hydrogens is 336 g/mol. The van der Waals surface area contributed by atoms with Crippen molar-refractivity contribution in [3.8, 4) is 0 Å². The summed E-state index contributed by atoms with van der Waals surface area (Å²) in [4.78, 5) is 18.0. The highest BCUT2D eigenvalue weighted by atomic mass is 16.5. The van der Waals surface area contributed by atoms with Gasteiger partial charge in [-0.2, -0.15) is 0 Å². The van der Waals surface area contributed by atoms with Crippen molar-refractivity contribution < 1.29 is 9.53 Å². The summed E-state index contributed by atoms with van der Waals surface area (Å²) in [6.07, 6.45) is 3.73. The molecule has 0 amide bonds. The summed E-state index contributed by atoms with van der Waals surface area (Å²) in [5, 5.41) is 0. The van der Waals surface area contributed by atoms with Crippen molar-refractivity contribution in [2.24, 2.45) is 4.99 Å². The maximum atomic E-state index is 11.3. The van der Waals surface area contributed by atoms with Gasteiger partial charge in [-0.1, -0.05) is 29.8 Å². The summed E-state index contributed by atoms with van der Waals surface area (Å²) in [5.74, 6) is 0.219. The lowest BCUT2D eigenvalue weighted by Crippen LogP contribution is -2.21. The zero-order valence-electron chi connectivity index (χ0n) is 16.8. The van der Waals surface area contributed by atoms with Gasteiger partial charge in [0, 0.05) is 18.8 Å². The van der Waals surface area contributed by atoms with Gasteiger partial charge in [-0.15, -0.1) is 0 Å². The largest absolute Gasteiger partial charge is 0.442 e. The molecule has 0 bridgehead atoms. The molecule has 142 valence electrons. The topological polar surface area (TPSA) is 41.9 Å². The average molecular weight is 364 g/mol. The highest BCUT2D eigenvalue weighted by Gasteiger charge is 2.03. The zero-order chi connectivity index (χ0) is 19.8. The van der Waals surface area contributed by atoms with E-state index in [1.54, 1.807) is 6.08 Å². The second-order valence-electron chi connectivity index (χ2n) is 6.53. The van der Waals surface area contributed by atoms with Crippen LogP contribution < -0.4 is 4.90 Å². The summed E-state index contributed by atoms with van der Waals surface area (Å²) in [6.45, 7) is 12.3. The number of allylic oxidation sites excluding steroid dienone is 1. The van der Waals surface area contributed by atoms with Gasteiger partial charge in [-0.25, -0.2) is 4.99 Å². The molecule has 0 fully saturated rings. The van der Waals surface area contributed by atoms with Crippen molar-refractivity contribution in [1.29, 1.82) is 0 Å². The van der Waals surface area contributed by atoms with Crippen LogP contribution in [0.1, 0.15) is 36.1 Å². The fraction of sp³-hybridized carbons (Fsp3) is 0.304. The number of ether oxygens (including phenoxy) is 1. The molecule has 0 atom stereocenters. The van der Waals surface area contributed by atoms with Crippen molar-refractivity contribution in [3.05, 3.63) is 64.4 Å². The van der Waals surface area contributed by atoms with E-state index in [1.807, 2.05) is 38.1 Å². The first-order chi connectivity index (χ1) is 13.0. The first-order valence-electron chi connectivity index (χ1n) is 9.27. The fourth-order valence-electron chi connectivity index (χ4n) is 3.15. The monoisotopic (exact) mass is 364 g/mol. The summed E-state index contributed by atoms with van der Waals surface area (Å²) >= 11 is 0. The molecule has 2 aromatic rings. The molecule has 0 saturated heterocycles. The van der Waals surface area contributed by atoms with E-state index in [4.69, 9.17) is 4.74 Å². The summed E-state index contributed by atoms with van der Waals surface area (Å²) in [7, 11) is 0. The van der Waals surface area contributed by atoms with E-state index < -0.39 is 0 Å². The van der Waals surface area contributed by atoms with Crippen LogP contribution in [0.15, 0.2) is 47.1 Å². The van der Waals surface area contributed by atoms with Gasteiger partial charge in [0.05, 0.1) is 5.69 Å². The second-order valence-corrected chi connectivity index (χ2v) is 6.53. The Morgan fingerprint density at radius 2 is 1.63 bits per heavy atom. The number of carbonyl (C=O) groups is 1. The molecule has 0 aliphatic heterocycles. The van der Waals surface area contributed by atoms with Gasteiger partial charge in [-0.05, 0) is 69.5 Å². The van der Waals surface area contributed by atoms with E-state index in [0.717, 1.165) is 41.2 Å². The number of benzene rings is 2. The van der Waals surface area contributed by atoms with Crippen LogP contribution in [0.3, 0.4) is 0 Å². The van der Waals surface area contributed by atoms with E-state index >= 15 is 0 Å². The third-order valence-electron chi connectivity index (χ3n) is 4.45. The van der Waals surface area contributed by atoms with Gasteiger partial charge in [0.15, 0.2) is 18.4 Å². The molecule has 4 heteroatoms. The van der Waals surface area contributed by atoms with Crippen molar-refractivity contribution in [2.75, 3.05) is 18.0 Å². The van der Waals surface area contributed by atoms with E-state index in [2.05, 4.69) is 42.8 Å². The van der Waals surface area contributed by atoms with Crippen LogP contribution >= 0.6 is 0 Å². The van der Waals surface area contributed by atoms with Crippen LogP contribution in [0.5, 0.6) is 0 Å².